The van der Waals surface area contributed by atoms with Crippen molar-refractivity contribution >= 4 is 22.7 Å². The summed E-state index contributed by atoms with van der Waals surface area (Å²) in [6.07, 6.45) is 5.92. The molecule has 1 N–H and O–H groups in total. The van der Waals surface area contributed by atoms with Crippen LogP contribution in [-0.4, -0.2) is 29.3 Å². The Hall–Kier alpha value is -5.66. The van der Waals surface area contributed by atoms with Crippen LogP contribution in [0, 0.1) is 0 Å². The molecular weight excluding hydrogens is 621 g/mol. The number of hydrogen-bond donors (Lipinski definition) is 1. The zero-order valence-corrected chi connectivity index (χ0v) is 27.9. The first-order chi connectivity index (χ1) is 24.3. The topological polar surface area (TPSA) is 64.3 Å². The molecule has 6 nitrogen and oxygen atoms in total. The minimum absolute atomic E-state index is 0.576. The molecule has 0 unspecified atom stereocenters. The number of para-hydroxylation sites is 1. The molecule has 8 aromatic rings. The molecule has 49 heavy (non-hydrogen) atoms. The van der Waals surface area contributed by atoms with Crippen LogP contribution in [0.15, 0.2) is 169 Å². The average Bonchev–Trinajstić information content (AvgIpc) is 3.92. The van der Waals surface area contributed by atoms with Gasteiger partial charge in [0.05, 0.1) is 17.7 Å². The lowest BCUT2D eigenvalue weighted by molar-refractivity contribution is 0.513. The van der Waals surface area contributed by atoms with E-state index in [4.69, 9.17) is 10.1 Å². The zero-order chi connectivity index (χ0) is 32.9. The number of imidazole rings is 1. The van der Waals surface area contributed by atoms with E-state index in [1.807, 2.05) is 6.33 Å². The summed E-state index contributed by atoms with van der Waals surface area (Å²) in [6, 6.07) is 53.2. The largest absolute Gasteiger partial charge is 0.352 e. The number of rotatable bonds is 12. The molecule has 5 aromatic carbocycles. The second-order valence-corrected chi connectivity index (χ2v) is 13.1. The van der Waals surface area contributed by atoms with Gasteiger partial charge in [-0.3, -0.25) is 0 Å². The summed E-state index contributed by atoms with van der Waals surface area (Å²) in [4.78, 5) is 8.56. The maximum atomic E-state index is 5.00. The minimum atomic E-state index is -0.576. The van der Waals surface area contributed by atoms with E-state index in [1.54, 1.807) is 11.8 Å². The van der Waals surface area contributed by atoms with Crippen molar-refractivity contribution in [3.63, 3.8) is 0 Å². The zero-order valence-electron chi connectivity index (χ0n) is 27.1. The van der Waals surface area contributed by atoms with Crippen LogP contribution in [0.4, 0.5) is 0 Å². The summed E-state index contributed by atoms with van der Waals surface area (Å²) in [7, 11) is 0. The molecule has 3 aromatic heterocycles. The standard InChI is InChI=1S/C42H36N6S/c1-5-16-32(17-6-1)30-49-41-46-45-40(39-28-33-18-13-14-26-38(33)44-39)48(41)27-15-25-37-29-47(31-43-37)42(34-19-7-2-8-20-34,35-21-9-3-10-22-35)36-23-11-4-12-24-36/h1-14,16-24,26,28-29,31,44H,15,25,27,30H2. The van der Waals surface area contributed by atoms with Crippen molar-refractivity contribution < 1.29 is 0 Å². The van der Waals surface area contributed by atoms with E-state index in [1.165, 1.54) is 22.3 Å². The lowest BCUT2D eigenvalue weighted by Crippen LogP contribution is -2.36. The van der Waals surface area contributed by atoms with Crippen LogP contribution >= 0.6 is 11.8 Å². The fourth-order valence-electron chi connectivity index (χ4n) is 6.79. The van der Waals surface area contributed by atoms with E-state index >= 15 is 0 Å². The third-order valence-corrected chi connectivity index (χ3v) is 10.1. The Kier molecular flexibility index (Phi) is 8.65. The second kappa shape index (κ2) is 13.8. The van der Waals surface area contributed by atoms with Crippen molar-refractivity contribution in [1.29, 1.82) is 0 Å². The quantitative estimate of drug-likeness (QED) is 0.105. The van der Waals surface area contributed by atoms with E-state index < -0.39 is 5.54 Å². The highest BCUT2D eigenvalue weighted by Gasteiger charge is 2.38. The van der Waals surface area contributed by atoms with Gasteiger partial charge in [-0.1, -0.05) is 151 Å². The SMILES string of the molecule is c1ccc(CSc2nnc(-c3cc4ccccc4[nH]3)n2CCCc2cn(C(c3ccccc3)(c3ccccc3)c3ccccc3)cn2)cc1. The van der Waals surface area contributed by atoms with Gasteiger partial charge in [0.2, 0.25) is 0 Å². The van der Waals surface area contributed by atoms with Gasteiger partial charge in [0.25, 0.3) is 0 Å². The van der Waals surface area contributed by atoms with E-state index in [2.05, 4.69) is 177 Å². The highest BCUT2D eigenvalue weighted by Crippen LogP contribution is 2.41. The number of H-pyrrole nitrogens is 1. The summed E-state index contributed by atoms with van der Waals surface area (Å²) < 4.78 is 4.55. The Morgan fingerprint density at radius 1 is 0.653 bits per heavy atom. The molecule has 0 atom stereocenters. The van der Waals surface area contributed by atoms with Gasteiger partial charge in [0.1, 0.15) is 5.54 Å². The molecule has 0 spiro atoms. The number of aryl methyl sites for hydroxylation is 1. The van der Waals surface area contributed by atoms with Gasteiger partial charge < -0.3 is 14.1 Å². The maximum absolute atomic E-state index is 5.00. The Labute approximate surface area is 290 Å². The Morgan fingerprint density at radius 2 is 1.24 bits per heavy atom. The molecule has 0 saturated heterocycles. The van der Waals surface area contributed by atoms with Crippen LogP contribution in [0.1, 0.15) is 34.4 Å². The van der Waals surface area contributed by atoms with Crippen LogP contribution in [-0.2, 0) is 24.3 Å². The average molecular weight is 657 g/mol. The molecule has 0 aliphatic carbocycles. The molecule has 0 aliphatic heterocycles. The molecule has 7 heteroatoms. The molecule has 0 bridgehead atoms. The molecule has 0 amide bonds. The number of fused-ring (bicyclic) bond motifs is 1. The van der Waals surface area contributed by atoms with Crippen molar-refractivity contribution in [3.8, 4) is 11.5 Å². The highest BCUT2D eigenvalue weighted by atomic mass is 32.2. The fraction of sp³-hybridized carbons (Fsp3) is 0.119. The first-order valence-corrected chi connectivity index (χ1v) is 17.7. The number of nitrogens with zero attached hydrogens (tertiary/aromatic N) is 5. The van der Waals surface area contributed by atoms with Crippen LogP contribution in [0.3, 0.4) is 0 Å². The molecule has 0 radical (unpaired) electrons. The van der Waals surface area contributed by atoms with Crippen LogP contribution < -0.4 is 0 Å². The third kappa shape index (κ3) is 6.09. The van der Waals surface area contributed by atoms with E-state index in [0.717, 1.165) is 58.4 Å². The van der Waals surface area contributed by atoms with Crippen LogP contribution in [0.5, 0.6) is 0 Å². The number of aromatic amines is 1. The van der Waals surface area contributed by atoms with Gasteiger partial charge in [-0.05, 0) is 47.2 Å². The first-order valence-electron chi connectivity index (χ1n) is 16.7. The molecule has 240 valence electrons. The number of thioether (sulfide) groups is 1. The van der Waals surface area contributed by atoms with Gasteiger partial charge in [0, 0.05) is 29.4 Å². The number of aromatic nitrogens is 6. The summed E-state index contributed by atoms with van der Waals surface area (Å²) >= 11 is 1.72. The van der Waals surface area contributed by atoms with E-state index in [0.29, 0.717) is 0 Å². The van der Waals surface area contributed by atoms with Crippen molar-refractivity contribution in [3.05, 3.63) is 192 Å². The van der Waals surface area contributed by atoms with Crippen molar-refractivity contribution in [2.75, 3.05) is 0 Å². The molecule has 8 rings (SSSR count). The van der Waals surface area contributed by atoms with Crippen molar-refractivity contribution in [1.82, 2.24) is 29.3 Å². The lowest BCUT2D eigenvalue weighted by atomic mass is 9.77. The first kappa shape index (κ1) is 30.7. The summed E-state index contributed by atoms with van der Waals surface area (Å²) in [5, 5.41) is 11.5. The van der Waals surface area contributed by atoms with Crippen LogP contribution in [0.25, 0.3) is 22.4 Å². The summed E-state index contributed by atoms with van der Waals surface area (Å²) in [6.45, 7) is 0.767. The van der Waals surface area contributed by atoms with E-state index in [9.17, 15) is 0 Å². The molecule has 0 saturated carbocycles. The van der Waals surface area contributed by atoms with Gasteiger partial charge in [-0.15, -0.1) is 10.2 Å². The fourth-order valence-corrected chi connectivity index (χ4v) is 7.71. The van der Waals surface area contributed by atoms with Gasteiger partial charge in [0.15, 0.2) is 11.0 Å². The molecule has 0 aliphatic rings. The molecule has 0 fully saturated rings. The van der Waals surface area contributed by atoms with Crippen LogP contribution in [0.2, 0.25) is 0 Å². The van der Waals surface area contributed by atoms with Crippen molar-refractivity contribution in [2.24, 2.45) is 0 Å². The second-order valence-electron chi connectivity index (χ2n) is 12.2. The molecular formula is C42H36N6S. The lowest BCUT2D eigenvalue weighted by Gasteiger charge is -2.37. The highest BCUT2D eigenvalue weighted by molar-refractivity contribution is 7.98. The number of hydrogen-bond acceptors (Lipinski definition) is 4. The predicted molar refractivity (Wildman–Crippen MR) is 198 cm³/mol. The Bertz CT molecular complexity index is 2130. The normalized spacial score (nSPS) is 11.7. The van der Waals surface area contributed by atoms with Gasteiger partial charge in [-0.2, -0.15) is 0 Å². The Morgan fingerprint density at radius 3 is 1.88 bits per heavy atom. The summed E-state index contributed by atoms with van der Waals surface area (Å²) in [5.41, 5.74) is 7.35. The monoisotopic (exact) mass is 656 g/mol. The van der Waals surface area contributed by atoms with Gasteiger partial charge in [-0.25, -0.2) is 4.98 Å². The summed E-state index contributed by atoms with van der Waals surface area (Å²) in [5.74, 6) is 1.69. The maximum Gasteiger partial charge on any atom is 0.191 e. The minimum Gasteiger partial charge on any atom is -0.352 e. The number of benzene rings is 5. The molecule has 3 heterocycles. The Balaban J connectivity index is 1.11. The predicted octanol–water partition coefficient (Wildman–Crippen LogP) is 9.39. The smallest absolute Gasteiger partial charge is 0.191 e. The van der Waals surface area contributed by atoms with E-state index in [-0.39, 0.29) is 0 Å². The number of nitrogens with one attached hydrogen (secondary N) is 1. The van der Waals surface area contributed by atoms with Crippen molar-refractivity contribution in [2.45, 2.75) is 35.8 Å². The third-order valence-electron chi connectivity index (χ3n) is 9.11. The van der Waals surface area contributed by atoms with Gasteiger partial charge >= 0.3 is 0 Å².